The second-order valence-electron chi connectivity index (χ2n) is 8.00. The number of rotatable bonds is 10. The van der Waals surface area contributed by atoms with Crippen LogP contribution >= 0.6 is 0 Å². The van der Waals surface area contributed by atoms with Crippen LogP contribution in [0.5, 0.6) is 11.5 Å². The number of aromatic amines is 1. The molecule has 160 valence electrons. The lowest BCUT2D eigenvalue weighted by atomic mass is 10.1. The molecule has 7 nitrogen and oxygen atoms in total. The third-order valence-electron chi connectivity index (χ3n) is 5.20. The molecule has 1 aliphatic rings. The van der Waals surface area contributed by atoms with Crippen molar-refractivity contribution in [3.05, 3.63) is 41.5 Å². The van der Waals surface area contributed by atoms with E-state index in [-0.39, 0.29) is 6.61 Å². The summed E-state index contributed by atoms with van der Waals surface area (Å²) >= 11 is 0. The molecule has 0 amide bonds. The summed E-state index contributed by atoms with van der Waals surface area (Å²) in [5, 5.41) is 10.4. The Balaban J connectivity index is 1.54. The number of aliphatic hydroxyl groups is 1. The van der Waals surface area contributed by atoms with Gasteiger partial charge in [-0.3, -0.25) is 4.90 Å². The molecule has 2 heterocycles. The predicted molar refractivity (Wildman–Crippen MR) is 113 cm³/mol. The van der Waals surface area contributed by atoms with Crippen LogP contribution in [-0.2, 0) is 13.1 Å². The minimum Gasteiger partial charge on any atom is -0.493 e. The van der Waals surface area contributed by atoms with E-state index in [9.17, 15) is 5.11 Å². The number of nitrogens with one attached hydrogen (secondary N) is 1. The van der Waals surface area contributed by atoms with Gasteiger partial charge in [0.05, 0.1) is 13.7 Å². The first-order valence-electron chi connectivity index (χ1n) is 10.4. The summed E-state index contributed by atoms with van der Waals surface area (Å²) in [5.41, 5.74) is 2.19. The van der Waals surface area contributed by atoms with Crippen molar-refractivity contribution in [1.29, 1.82) is 0 Å². The third kappa shape index (κ3) is 6.73. The number of imidazole rings is 1. The molecule has 1 aromatic heterocycles. The van der Waals surface area contributed by atoms with Crippen LogP contribution in [0.1, 0.15) is 36.3 Å². The van der Waals surface area contributed by atoms with Crippen LogP contribution in [0.4, 0.5) is 0 Å². The van der Waals surface area contributed by atoms with E-state index in [4.69, 9.17) is 9.47 Å². The van der Waals surface area contributed by atoms with E-state index in [1.807, 2.05) is 31.3 Å². The van der Waals surface area contributed by atoms with E-state index in [0.717, 1.165) is 43.3 Å². The highest BCUT2D eigenvalue weighted by molar-refractivity contribution is 5.43. The molecule has 29 heavy (non-hydrogen) atoms. The molecule has 0 saturated carbocycles. The zero-order chi connectivity index (χ0) is 20.6. The van der Waals surface area contributed by atoms with Crippen molar-refractivity contribution in [3.8, 4) is 11.5 Å². The number of hydrogen-bond donors (Lipinski definition) is 2. The fraction of sp³-hybridized carbons (Fsp3) is 0.591. The van der Waals surface area contributed by atoms with Gasteiger partial charge in [-0.1, -0.05) is 12.5 Å². The number of methoxy groups -OCH3 is 1. The maximum Gasteiger partial charge on any atom is 0.161 e. The monoisotopic (exact) mass is 402 g/mol. The second kappa shape index (κ2) is 10.6. The van der Waals surface area contributed by atoms with Gasteiger partial charge in [-0.05, 0) is 57.6 Å². The average Bonchev–Trinajstić information content (AvgIpc) is 3.11. The Bertz CT molecular complexity index is 758. The Morgan fingerprint density at radius 3 is 2.69 bits per heavy atom. The van der Waals surface area contributed by atoms with Gasteiger partial charge in [0.1, 0.15) is 18.5 Å². The number of likely N-dealkylation sites (tertiary alicyclic amines) is 1. The fourth-order valence-corrected chi connectivity index (χ4v) is 3.78. The Labute approximate surface area is 173 Å². The smallest absolute Gasteiger partial charge is 0.161 e. The summed E-state index contributed by atoms with van der Waals surface area (Å²) in [6.07, 6.45) is 5.06. The molecule has 0 radical (unpaired) electrons. The van der Waals surface area contributed by atoms with E-state index in [1.54, 1.807) is 7.11 Å². The molecule has 1 fully saturated rings. The molecule has 0 aliphatic carbocycles. The maximum absolute atomic E-state index is 10.4. The molecule has 3 rings (SSSR count). The van der Waals surface area contributed by atoms with Gasteiger partial charge in [0.15, 0.2) is 11.5 Å². The second-order valence-corrected chi connectivity index (χ2v) is 8.00. The molecule has 2 aromatic rings. The minimum absolute atomic E-state index is 0.262. The predicted octanol–water partition coefficient (Wildman–Crippen LogP) is 2.58. The number of nitrogens with zero attached hydrogens (tertiary/aromatic N) is 3. The summed E-state index contributed by atoms with van der Waals surface area (Å²) in [4.78, 5) is 12.1. The molecule has 1 atom stereocenters. The number of benzene rings is 1. The van der Waals surface area contributed by atoms with E-state index in [2.05, 4.69) is 26.8 Å². The molecule has 7 heteroatoms. The van der Waals surface area contributed by atoms with E-state index in [0.29, 0.717) is 18.0 Å². The first-order valence-corrected chi connectivity index (χ1v) is 10.4. The normalized spacial score (nSPS) is 16.2. The summed E-state index contributed by atoms with van der Waals surface area (Å²) in [5.74, 6) is 2.31. The number of ether oxygens (including phenoxy) is 2. The van der Waals surface area contributed by atoms with Crippen molar-refractivity contribution in [3.63, 3.8) is 0 Å². The van der Waals surface area contributed by atoms with Gasteiger partial charge in [-0.2, -0.15) is 0 Å². The molecule has 0 bridgehead atoms. The molecule has 1 saturated heterocycles. The summed E-state index contributed by atoms with van der Waals surface area (Å²) < 4.78 is 11.4. The van der Waals surface area contributed by atoms with Crippen molar-refractivity contribution in [1.82, 2.24) is 19.8 Å². The van der Waals surface area contributed by atoms with Crippen molar-refractivity contribution in [2.45, 2.75) is 45.4 Å². The Kier molecular flexibility index (Phi) is 7.91. The molecule has 0 spiro atoms. The zero-order valence-corrected chi connectivity index (χ0v) is 17.9. The van der Waals surface area contributed by atoms with Crippen LogP contribution in [0, 0.1) is 6.92 Å². The van der Waals surface area contributed by atoms with Crippen molar-refractivity contribution in [2.75, 3.05) is 40.4 Å². The van der Waals surface area contributed by atoms with E-state index in [1.165, 1.54) is 19.3 Å². The number of β-amino-alcohol motifs (C(OH)–C–C–N with tert-alkyl or cyclic N) is 1. The average molecular weight is 403 g/mol. The molecule has 1 aromatic carbocycles. The highest BCUT2D eigenvalue weighted by atomic mass is 16.5. The lowest BCUT2D eigenvalue weighted by molar-refractivity contribution is 0.0608. The van der Waals surface area contributed by atoms with Crippen LogP contribution in [0.25, 0.3) is 0 Å². The summed E-state index contributed by atoms with van der Waals surface area (Å²) in [6, 6.07) is 5.96. The minimum atomic E-state index is -0.508. The summed E-state index contributed by atoms with van der Waals surface area (Å²) in [7, 11) is 3.70. The number of aliphatic hydroxyl groups excluding tert-OH is 1. The van der Waals surface area contributed by atoms with Crippen molar-refractivity contribution in [2.24, 2.45) is 0 Å². The molecule has 1 unspecified atom stereocenters. The largest absolute Gasteiger partial charge is 0.493 e. The quantitative estimate of drug-likeness (QED) is 0.636. The standard InChI is InChI=1S/C22H34N4O3/c1-17-12-23-22(24-17)15-25(2)13-18-7-8-20(28-3)21(11-18)29-16-19(27)14-26-9-5-4-6-10-26/h7-8,11-12,19,27H,4-6,9-10,13-16H2,1-3H3,(H,23,24). The van der Waals surface area contributed by atoms with Gasteiger partial charge in [0.25, 0.3) is 0 Å². The van der Waals surface area contributed by atoms with Gasteiger partial charge < -0.3 is 24.5 Å². The van der Waals surface area contributed by atoms with Crippen LogP contribution in [0.3, 0.4) is 0 Å². The third-order valence-corrected chi connectivity index (χ3v) is 5.20. The zero-order valence-electron chi connectivity index (χ0n) is 17.9. The van der Waals surface area contributed by atoms with E-state index < -0.39 is 6.10 Å². The lowest BCUT2D eigenvalue weighted by Crippen LogP contribution is -2.38. The Hall–Kier alpha value is -2.09. The van der Waals surface area contributed by atoms with Gasteiger partial charge in [0, 0.05) is 25.0 Å². The van der Waals surface area contributed by atoms with Crippen LogP contribution in [0.2, 0.25) is 0 Å². The Morgan fingerprint density at radius 1 is 1.21 bits per heavy atom. The van der Waals surface area contributed by atoms with E-state index >= 15 is 0 Å². The lowest BCUT2D eigenvalue weighted by Gasteiger charge is -2.28. The fourth-order valence-electron chi connectivity index (χ4n) is 3.78. The number of hydrogen-bond acceptors (Lipinski definition) is 6. The van der Waals surface area contributed by atoms with Gasteiger partial charge in [-0.15, -0.1) is 0 Å². The van der Waals surface area contributed by atoms with Crippen LogP contribution in [0.15, 0.2) is 24.4 Å². The van der Waals surface area contributed by atoms with Gasteiger partial charge in [-0.25, -0.2) is 4.98 Å². The molecule has 2 N–H and O–H groups in total. The van der Waals surface area contributed by atoms with Crippen LogP contribution in [-0.4, -0.2) is 71.4 Å². The number of aryl methyl sites for hydroxylation is 1. The van der Waals surface area contributed by atoms with Gasteiger partial charge >= 0.3 is 0 Å². The SMILES string of the molecule is COc1ccc(CN(C)Cc2ncc(C)[nH]2)cc1OCC(O)CN1CCCCC1. The maximum atomic E-state index is 10.4. The first kappa shape index (κ1) is 21.6. The highest BCUT2D eigenvalue weighted by Gasteiger charge is 2.16. The number of aromatic nitrogens is 2. The number of piperidine rings is 1. The Morgan fingerprint density at radius 2 is 2.00 bits per heavy atom. The van der Waals surface area contributed by atoms with Crippen molar-refractivity contribution < 1.29 is 14.6 Å². The van der Waals surface area contributed by atoms with Crippen molar-refractivity contribution >= 4 is 0 Å². The summed E-state index contributed by atoms with van der Waals surface area (Å²) in [6.45, 7) is 6.56. The van der Waals surface area contributed by atoms with Gasteiger partial charge in [0.2, 0.25) is 0 Å². The first-order chi connectivity index (χ1) is 14.0. The number of H-pyrrole nitrogens is 1. The molecule has 1 aliphatic heterocycles. The highest BCUT2D eigenvalue weighted by Crippen LogP contribution is 2.29. The topological polar surface area (TPSA) is 73.8 Å². The van der Waals surface area contributed by atoms with Crippen LogP contribution < -0.4 is 9.47 Å². The molecular weight excluding hydrogens is 368 g/mol. The molecular formula is C22H34N4O3.